The quantitative estimate of drug-likeness (QED) is 0.679. The molecule has 0 N–H and O–H groups in total. The van der Waals surface area contributed by atoms with Crippen LogP contribution in [0.3, 0.4) is 0 Å². The number of hydrogen-bond donors (Lipinski definition) is 0. The average Bonchev–Trinajstić information content (AvgIpc) is 2.54. The van der Waals surface area contributed by atoms with E-state index in [1.54, 1.807) is 7.11 Å². The highest BCUT2D eigenvalue weighted by Crippen LogP contribution is 2.33. The van der Waals surface area contributed by atoms with Gasteiger partial charge in [-0.05, 0) is 55.7 Å². The number of pyridine rings is 2. The smallest absolute Gasteiger partial charge is 0.123 e. The van der Waals surface area contributed by atoms with Gasteiger partial charge >= 0.3 is 0 Å². The maximum absolute atomic E-state index is 5.46. The van der Waals surface area contributed by atoms with Gasteiger partial charge in [-0.2, -0.15) is 0 Å². The van der Waals surface area contributed by atoms with Gasteiger partial charge in [-0.1, -0.05) is 19.9 Å². The van der Waals surface area contributed by atoms with Gasteiger partial charge in [0, 0.05) is 16.6 Å². The molecule has 0 aliphatic carbocycles. The number of fused-ring (bicyclic) bond motifs is 1. The molecule has 3 aromatic rings. The van der Waals surface area contributed by atoms with Crippen LogP contribution in [0.5, 0.6) is 5.75 Å². The summed E-state index contributed by atoms with van der Waals surface area (Å²) in [7, 11) is 1.70. The number of hydrogen-bond acceptors (Lipinski definition) is 3. The first kappa shape index (κ1) is 15.5. The number of aryl methyl sites for hydroxylation is 2. The molecule has 0 fully saturated rings. The number of rotatable bonds is 3. The molecule has 0 spiro atoms. The summed E-state index contributed by atoms with van der Waals surface area (Å²) in [4.78, 5) is 9.52. The van der Waals surface area contributed by atoms with E-state index in [0.717, 1.165) is 33.9 Å². The predicted molar refractivity (Wildman–Crippen MR) is 95.1 cm³/mol. The van der Waals surface area contributed by atoms with Crippen molar-refractivity contribution in [2.75, 3.05) is 7.11 Å². The second kappa shape index (κ2) is 5.99. The number of benzene rings is 1. The summed E-state index contributed by atoms with van der Waals surface area (Å²) < 4.78 is 5.46. The fraction of sp³-hybridized carbons (Fsp3) is 0.300. The lowest BCUT2D eigenvalue weighted by Crippen LogP contribution is -1.99. The summed E-state index contributed by atoms with van der Waals surface area (Å²) >= 11 is 0. The van der Waals surface area contributed by atoms with Crippen LogP contribution in [0.15, 0.2) is 36.4 Å². The molecule has 0 aliphatic rings. The molecule has 1 aromatic carbocycles. The monoisotopic (exact) mass is 306 g/mol. The predicted octanol–water partition coefficient (Wildman–Crippen LogP) is 5.05. The van der Waals surface area contributed by atoms with Gasteiger partial charge in [-0.15, -0.1) is 0 Å². The first-order chi connectivity index (χ1) is 11.0. The summed E-state index contributed by atoms with van der Waals surface area (Å²) in [6.07, 6.45) is 0. The Kier molecular flexibility index (Phi) is 4.03. The van der Waals surface area contributed by atoms with E-state index in [0.29, 0.717) is 5.92 Å². The Morgan fingerprint density at radius 2 is 1.74 bits per heavy atom. The molecule has 3 heteroatoms. The summed E-state index contributed by atoms with van der Waals surface area (Å²) in [5, 5.41) is 1.19. The number of nitrogens with zero attached hydrogens (tertiary/aromatic N) is 2. The van der Waals surface area contributed by atoms with Gasteiger partial charge in [-0.25, -0.2) is 4.98 Å². The molecule has 3 nitrogen and oxygen atoms in total. The van der Waals surface area contributed by atoms with Crippen LogP contribution in [0.1, 0.15) is 36.6 Å². The fourth-order valence-corrected chi connectivity index (χ4v) is 2.95. The van der Waals surface area contributed by atoms with Gasteiger partial charge in [0.2, 0.25) is 0 Å². The first-order valence-corrected chi connectivity index (χ1v) is 7.93. The maximum Gasteiger partial charge on any atom is 0.123 e. The van der Waals surface area contributed by atoms with Gasteiger partial charge in [0.15, 0.2) is 0 Å². The third-order valence-corrected chi connectivity index (χ3v) is 4.21. The Bertz CT molecular complexity index is 869. The molecule has 0 saturated heterocycles. The van der Waals surface area contributed by atoms with Crippen LogP contribution in [-0.4, -0.2) is 17.1 Å². The molecule has 0 unspecified atom stereocenters. The molecule has 0 amide bonds. The van der Waals surface area contributed by atoms with Crippen LogP contribution in [0.4, 0.5) is 0 Å². The third kappa shape index (κ3) is 2.79. The van der Waals surface area contributed by atoms with Crippen molar-refractivity contribution in [1.82, 2.24) is 9.97 Å². The van der Waals surface area contributed by atoms with Crippen LogP contribution in [-0.2, 0) is 0 Å². The van der Waals surface area contributed by atoms with Gasteiger partial charge < -0.3 is 4.74 Å². The highest BCUT2D eigenvalue weighted by molar-refractivity contribution is 5.89. The van der Waals surface area contributed by atoms with E-state index in [1.807, 2.05) is 31.2 Å². The van der Waals surface area contributed by atoms with E-state index < -0.39 is 0 Å². The van der Waals surface area contributed by atoms with E-state index in [4.69, 9.17) is 9.72 Å². The Morgan fingerprint density at radius 3 is 2.39 bits per heavy atom. The molecule has 118 valence electrons. The van der Waals surface area contributed by atoms with Crippen molar-refractivity contribution in [3.8, 4) is 17.1 Å². The Morgan fingerprint density at radius 1 is 0.957 bits per heavy atom. The SMILES string of the molecule is COc1ccc2c(C(C)C)cc(-c3cccc(C)n3)nc2c1C. The van der Waals surface area contributed by atoms with E-state index in [9.17, 15) is 0 Å². The lowest BCUT2D eigenvalue weighted by molar-refractivity contribution is 0.412. The van der Waals surface area contributed by atoms with Crippen LogP contribution in [0, 0.1) is 13.8 Å². The Hall–Kier alpha value is -2.42. The van der Waals surface area contributed by atoms with Gasteiger partial charge in [0.05, 0.1) is 24.0 Å². The molecular formula is C20H22N2O. The van der Waals surface area contributed by atoms with Crippen molar-refractivity contribution in [3.63, 3.8) is 0 Å². The molecule has 2 heterocycles. The zero-order valence-corrected chi connectivity index (χ0v) is 14.3. The van der Waals surface area contributed by atoms with Crippen molar-refractivity contribution in [1.29, 1.82) is 0 Å². The topological polar surface area (TPSA) is 35.0 Å². The number of methoxy groups -OCH3 is 1. The van der Waals surface area contributed by atoms with Gasteiger partial charge in [-0.3, -0.25) is 4.98 Å². The molecule has 0 atom stereocenters. The van der Waals surface area contributed by atoms with Crippen LogP contribution in [0.2, 0.25) is 0 Å². The van der Waals surface area contributed by atoms with E-state index in [1.165, 1.54) is 10.9 Å². The summed E-state index contributed by atoms with van der Waals surface area (Å²) in [5.41, 5.74) is 6.18. The summed E-state index contributed by atoms with van der Waals surface area (Å²) in [6.45, 7) is 8.48. The number of aromatic nitrogens is 2. The lowest BCUT2D eigenvalue weighted by atomic mass is 9.95. The van der Waals surface area contributed by atoms with Crippen LogP contribution < -0.4 is 4.74 Å². The molecule has 0 bridgehead atoms. The van der Waals surface area contributed by atoms with Crippen molar-refractivity contribution in [2.45, 2.75) is 33.6 Å². The molecular weight excluding hydrogens is 284 g/mol. The molecule has 2 aromatic heterocycles. The lowest BCUT2D eigenvalue weighted by Gasteiger charge is -2.15. The van der Waals surface area contributed by atoms with E-state index >= 15 is 0 Å². The minimum Gasteiger partial charge on any atom is -0.496 e. The van der Waals surface area contributed by atoms with Crippen LogP contribution in [0.25, 0.3) is 22.3 Å². The number of ether oxygens (including phenoxy) is 1. The molecule has 23 heavy (non-hydrogen) atoms. The molecule has 0 saturated carbocycles. The van der Waals surface area contributed by atoms with Crippen molar-refractivity contribution in [2.24, 2.45) is 0 Å². The molecule has 0 radical (unpaired) electrons. The van der Waals surface area contributed by atoms with Gasteiger partial charge in [0.25, 0.3) is 0 Å². The van der Waals surface area contributed by atoms with Crippen LogP contribution >= 0.6 is 0 Å². The third-order valence-electron chi connectivity index (χ3n) is 4.21. The van der Waals surface area contributed by atoms with E-state index in [-0.39, 0.29) is 0 Å². The van der Waals surface area contributed by atoms with E-state index in [2.05, 4.69) is 37.9 Å². The zero-order chi connectivity index (χ0) is 16.6. The zero-order valence-electron chi connectivity index (χ0n) is 14.3. The van der Waals surface area contributed by atoms with Crippen molar-refractivity contribution < 1.29 is 4.74 Å². The normalized spacial score (nSPS) is 11.2. The highest BCUT2D eigenvalue weighted by atomic mass is 16.5. The Labute approximate surface area is 137 Å². The van der Waals surface area contributed by atoms with Crippen molar-refractivity contribution >= 4 is 10.9 Å². The molecule has 3 rings (SSSR count). The summed E-state index contributed by atoms with van der Waals surface area (Å²) in [5.74, 6) is 1.28. The second-order valence-corrected chi connectivity index (χ2v) is 6.20. The maximum atomic E-state index is 5.46. The van der Waals surface area contributed by atoms with Crippen molar-refractivity contribution in [3.05, 3.63) is 53.2 Å². The Balaban J connectivity index is 2.34. The standard InChI is InChI=1S/C20H22N2O/c1-12(2)16-11-18(17-8-6-7-13(3)21-17)22-20-14(4)19(23-5)10-9-15(16)20/h6-12H,1-5H3. The minimum atomic E-state index is 0.414. The fourth-order valence-electron chi connectivity index (χ4n) is 2.95. The second-order valence-electron chi connectivity index (χ2n) is 6.20. The highest BCUT2D eigenvalue weighted by Gasteiger charge is 2.14. The minimum absolute atomic E-state index is 0.414. The first-order valence-electron chi connectivity index (χ1n) is 7.93. The summed E-state index contributed by atoms with van der Waals surface area (Å²) in [6, 6.07) is 12.3. The largest absolute Gasteiger partial charge is 0.496 e. The average molecular weight is 306 g/mol. The molecule has 0 aliphatic heterocycles. The van der Waals surface area contributed by atoms with Gasteiger partial charge in [0.1, 0.15) is 5.75 Å².